The zero-order chi connectivity index (χ0) is 35.2. The Labute approximate surface area is 289 Å². The summed E-state index contributed by atoms with van der Waals surface area (Å²) in [5.41, 5.74) is -0.588. The molecule has 5 rings (SSSR count). The number of aliphatic hydroxyl groups excluding tert-OH is 1. The van der Waals surface area contributed by atoms with Gasteiger partial charge in [0.15, 0.2) is 11.3 Å². The summed E-state index contributed by atoms with van der Waals surface area (Å²) in [6, 6.07) is 26.0. The highest BCUT2D eigenvalue weighted by molar-refractivity contribution is 8.13. The molecule has 260 valence electrons. The summed E-state index contributed by atoms with van der Waals surface area (Å²) in [7, 11) is 3.20. The molecule has 11 nitrogen and oxygen atoms in total. The summed E-state index contributed by atoms with van der Waals surface area (Å²) in [5, 5.41) is 11.7. The summed E-state index contributed by atoms with van der Waals surface area (Å²) < 4.78 is 31.4. The molecule has 49 heavy (non-hydrogen) atoms. The number of carbonyl (C=O) groups excluding carboxylic acids is 1. The molecule has 2 heterocycles. The number of hydrogen-bond donors (Lipinski definition) is 2. The molecule has 0 unspecified atom stereocenters. The normalized spacial score (nSPS) is 19.5. The first-order chi connectivity index (χ1) is 23.5. The van der Waals surface area contributed by atoms with E-state index in [0.29, 0.717) is 17.3 Å². The van der Waals surface area contributed by atoms with Gasteiger partial charge in [0.2, 0.25) is 0 Å². The number of carbonyl (C=O) groups is 1. The van der Waals surface area contributed by atoms with E-state index < -0.39 is 46.8 Å². The van der Waals surface area contributed by atoms with E-state index in [-0.39, 0.29) is 18.3 Å². The van der Waals surface area contributed by atoms with Gasteiger partial charge in [0, 0.05) is 23.4 Å². The van der Waals surface area contributed by atoms with E-state index in [9.17, 15) is 19.5 Å². The Morgan fingerprint density at radius 2 is 1.45 bits per heavy atom. The number of rotatable bonds is 13. The lowest BCUT2D eigenvalue weighted by Crippen LogP contribution is -2.41. The molecule has 0 saturated carbocycles. The molecule has 1 saturated heterocycles. The number of ether oxygens (including phenoxy) is 5. The van der Waals surface area contributed by atoms with Gasteiger partial charge in [-0.25, -0.2) is 4.79 Å². The number of aliphatic hydroxyl groups is 1. The standard InChI is InChI=1S/C37H42N2O9S/c1-36(2,3)34(42)49-22-21-46-32-31(41)29(48-33(32)39-20-19-30(40)38-35(39)43)23-47-37(24-9-7-6-8-10-24,25-11-15-27(44-4)16-12-25)26-13-17-28(45-5)18-14-26/h6-20,29,31-33,41H,21-23H2,1-5H3,(H,38,40,43)/t29-,31-,32-,33-/m1/s1. The molecule has 4 aromatic rings. The van der Waals surface area contributed by atoms with E-state index in [2.05, 4.69) is 4.98 Å². The number of thioether (sulfide) groups is 1. The summed E-state index contributed by atoms with van der Waals surface area (Å²) in [4.78, 5) is 39.4. The van der Waals surface area contributed by atoms with Gasteiger partial charge in [0.25, 0.3) is 5.56 Å². The Hall–Kier alpha value is -4.20. The molecule has 12 heteroatoms. The molecule has 1 aliphatic heterocycles. The predicted octanol–water partition coefficient (Wildman–Crippen LogP) is 4.51. The Morgan fingerprint density at radius 3 is 1.98 bits per heavy atom. The first kappa shape index (κ1) is 36.1. The van der Waals surface area contributed by atoms with Gasteiger partial charge in [0.1, 0.15) is 35.4 Å². The van der Waals surface area contributed by atoms with Gasteiger partial charge >= 0.3 is 5.69 Å². The van der Waals surface area contributed by atoms with Crippen LogP contribution >= 0.6 is 11.8 Å². The molecule has 4 atom stereocenters. The number of methoxy groups -OCH3 is 2. The van der Waals surface area contributed by atoms with Gasteiger partial charge in [-0.1, -0.05) is 87.1 Å². The van der Waals surface area contributed by atoms with Crippen LogP contribution in [0.15, 0.2) is 101 Å². The number of nitrogens with zero attached hydrogens (tertiary/aromatic N) is 1. The van der Waals surface area contributed by atoms with Crippen molar-refractivity contribution in [2.45, 2.75) is 50.9 Å². The van der Waals surface area contributed by atoms with Crippen molar-refractivity contribution in [3.05, 3.63) is 129 Å². The second-order valence-corrected chi connectivity index (χ2v) is 13.7. The molecular weight excluding hydrogens is 648 g/mol. The second kappa shape index (κ2) is 15.6. The summed E-state index contributed by atoms with van der Waals surface area (Å²) >= 11 is 1.14. The van der Waals surface area contributed by atoms with E-state index in [1.165, 1.54) is 16.8 Å². The van der Waals surface area contributed by atoms with Crippen LogP contribution in [0.3, 0.4) is 0 Å². The van der Waals surface area contributed by atoms with Gasteiger partial charge < -0.3 is 28.8 Å². The van der Waals surface area contributed by atoms with Crippen LogP contribution in [-0.4, -0.2) is 71.3 Å². The number of aromatic nitrogens is 2. The Kier molecular flexibility index (Phi) is 11.5. The van der Waals surface area contributed by atoms with Crippen molar-refractivity contribution < 1.29 is 33.6 Å². The fourth-order valence-electron chi connectivity index (χ4n) is 5.70. The molecule has 0 aliphatic carbocycles. The van der Waals surface area contributed by atoms with Crippen molar-refractivity contribution >= 4 is 16.9 Å². The van der Waals surface area contributed by atoms with E-state index in [0.717, 1.165) is 28.5 Å². The minimum absolute atomic E-state index is 0.00770. The number of hydrogen-bond acceptors (Lipinski definition) is 10. The Bertz CT molecular complexity index is 1750. The summed E-state index contributed by atoms with van der Waals surface area (Å²) in [6.07, 6.45) is -3.01. The SMILES string of the molecule is COc1ccc(C(OC[C@H]2O[C@@H](n3ccc(=O)[nH]c3=O)[C@H](OCCSC(=O)C(C)(C)C)[C@@H]2O)(c2ccccc2)c2ccc(OC)cc2)cc1. The molecule has 0 spiro atoms. The maximum atomic E-state index is 12.9. The third-order valence-electron chi connectivity index (χ3n) is 8.31. The van der Waals surface area contributed by atoms with Crippen molar-refractivity contribution in [3.63, 3.8) is 0 Å². The molecular formula is C37H42N2O9S. The van der Waals surface area contributed by atoms with Crippen molar-refractivity contribution in [3.8, 4) is 11.5 Å². The smallest absolute Gasteiger partial charge is 0.330 e. The average molecular weight is 691 g/mol. The largest absolute Gasteiger partial charge is 0.497 e. The molecule has 0 amide bonds. The fraction of sp³-hybridized carbons (Fsp3) is 0.378. The van der Waals surface area contributed by atoms with Crippen LogP contribution in [-0.2, 0) is 24.6 Å². The van der Waals surface area contributed by atoms with Crippen LogP contribution in [0, 0.1) is 5.41 Å². The third kappa shape index (κ3) is 8.00. The lowest BCUT2D eigenvalue weighted by molar-refractivity contribution is -0.117. The highest BCUT2D eigenvalue weighted by Gasteiger charge is 2.48. The average Bonchev–Trinajstić information content (AvgIpc) is 3.41. The van der Waals surface area contributed by atoms with Crippen LogP contribution in [0.25, 0.3) is 0 Å². The molecule has 2 N–H and O–H groups in total. The number of H-pyrrole nitrogens is 1. The first-order valence-corrected chi connectivity index (χ1v) is 16.9. The van der Waals surface area contributed by atoms with Gasteiger partial charge in [-0.3, -0.25) is 19.1 Å². The van der Waals surface area contributed by atoms with Crippen LogP contribution < -0.4 is 20.7 Å². The van der Waals surface area contributed by atoms with Crippen LogP contribution in [0.5, 0.6) is 11.5 Å². The lowest BCUT2D eigenvalue weighted by Gasteiger charge is -2.37. The molecule has 1 aromatic heterocycles. The second-order valence-electron chi connectivity index (χ2n) is 12.6. The third-order valence-corrected chi connectivity index (χ3v) is 9.56. The van der Waals surface area contributed by atoms with E-state index in [4.69, 9.17) is 23.7 Å². The highest BCUT2D eigenvalue weighted by atomic mass is 32.2. The van der Waals surface area contributed by atoms with Crippen molar-refractivity contribution in [2.24, 2.45) is 5.41 Å². The van der Waals surface area contributed by atoms with Gasteiger partial charge in [-0.05, 0) is 41.0 Å². The maximum Gasteiger partial charge on any atom is 0.330 e. The Balaban J connectivity index is 1.50. The zero-order valence-corrected chi connectivity index (χ0v) is 29.0. The van der Waals surface area contributed by atoms with Crippen molar-refractivity contribution in [1.29, 1.82) is 0 Å². The lowest BCUT2D eigenvalue weighted by atomic mass is 9.80. The van der Waals surface area contributed by atoms with Gasteiger partial charge in [-0.2, -0.15) is 0 Å². The highest BCUT2D eigenvalue weighted by Crippen LogP contribution is 2.43. The van der Waals surface area contributed by atoms with Crippen molar-refractivity contribution in [2.75, 3.05) is 33.2 Å². The maximum absolute atomic E-state index is 12.9. The van der Waals surface area contributed by atoms with Gasteiger partial charge in [-0.15, -0.1) is 0 Å². The minimum Gasteiger partial charge on any atom is -0.497 e. The number of nitrogens with one attached hydrogen (secondary N) is 1. The molecule has 1 fully saturated rings. The molecule has 0 radical (unpaired) electrons. The Morgan fingerprint density at radius 1 is 0.878 bits per heavy atom. The minimum atomic E-state index is -1.24. The van der Waals surface area contributed by atoms with Crippen LogP contribution in [0.2, 0.25) is 0 Å². The quantitative estimate of drug-likeness (QED) is 0.152. The monoisotopic (exact) mass is 690 g/mol. The zero-order valence-electron chi connectivity index (χ0n) is 28.2. The summed E-state index contributed by atoms with van der Waals surface area (Å²) in [5.74, 6) is 1.68. The molecule has 1 aliphatic rings. The van der Waals surface area contributed by atoms with Crippen LogP contribution in [0.1, 0.15) is 43.7 Å². The predicted molar refractivity (Wildman–Crippen MR) is 186 cm³/mol. The number of benzene rings is 3. The molecule has 3 aromatic carbocycles. The first-order valence-electron chi connectivity index (χ1n) is 15.9. The summed E-state index contributed by atoms with van der Waals surface area (Å²) in [6.45, 7) is 5.50. The molecule has 0 bridgehead atoms. The van der Waals surface area contributed by atoms with Crippen molar-refractivity contribution in [1.82, 2.24) is 9.55 Å². The van der Waals surface area contributed by atoms with Gasteiger partial charge in [0.05, 0.1) is 27.4 Å². The topological polar surface area (TPSA) is 138 Å². The van der Waals surface area contributed by atoms with E-state index in [1.807, 2.05) is 99.6 Å². The van der Waals surface area contributed by atoms with Crippen LogP contribution in [0.4, 0.5) is 0 Å². The fourth-order valence-corrected chi connectivity index (χ4v) is 6.50. The van der Waals surface area contributed by atoms with E-state index >= 15 is 0 Å². The van der Waals surface area contributed by atoms with E-state index in [1.54, 1.807) is 14.2 Å². The number of aromatic amines is 1.